The zero-order chi connectivity index (χ0) is 66.4. The summed E-state index contributed by atoms with van der Waals surface area (Å²) in [5, 5.41) is 10.7. The van der Waals surface area contributed by atoms with Crippen molar-refractivity contribution < 1.29 is 38.0 Å². The van der Waals surface area contributed by atoms with Crippen molar-refractivity contribution >= 4 is 132 Å². The molecule has 0 unspecified atom stereocenters. The number of hydrogen-bond donors (Lipinski definition) is 1. The summed E-state index contributed by atoms with van der Waals surface area (Å²) in [7, 11) is 0. The van der Waals surface area contributed by atoms with Gasteiger partial charge in [0.05, 0.1) is 17.1 Å². The third kappa shape index (κ3) is 20.4. The van der Waals surface area contributed by atoms with Crippen LogP contribution in [-0.2, 0) is 44.7 Å². The van der Waals surface area contributed by atoms with Gasteiger partial charge in [0.1, 0.15) is 19.9 Å². The molecule has 3 aromatic heterocycles. The molecule has 1 N–H and O–H groups in total. The van der Waals surface area contributed by atoms with Crippen molar-refractivity contribution in [3.05, 3.63) is 136 Å². The number of nitrogens with zero attached hydrogens (tertiary/aromatic N) is 8. The molecule has 6 aliphatic rings. The van der Waals surface area contributed by atoms with Crippen LogP contribution in [0.2, 0.25) is 23.7 Å². The van der Waals surface area contributed by atoms with Gasteiger partial charge in [-0.2, -0.15) is 0 Å². The van der Waals surface area contributed by atoms with Gasteiger partial charge in [0.2, 0.25) is 0 Å². The number of carbonyl (C=O) groups is 2. The van der Waals surface area contributed by atoms with E-state index in [4.69, 9.17) is 101 Å². The van der Waals surface area contributed by atoms with Crippen LogP contribution in [0, 0.1) is 0 Å². The molecular weight excluding hydrogens is 1390 g/mol. The van der Waals surface area contributed by atoms with Gasteiger partial charge in [-0.3, -0.25) is 0 Å². The number of thiazole rings is 3. The van der Waals surface area contributed by atoms with E-state index in [1.165, 1.54) is 28.0 Å². The summed E-state index contributed by atoms with van der Waals surface area (Å²) in [5.74, 6) is 0. The second-order valence-electron chi connectivity index (χ2n) is 25.8. The van der Waals surface area contributed by atoms with Gasteiger partial charge in [-0.15, -0.1) is 23.7 Å². The van der Waals surface area contributed by atoms with E-state index in [-0.39, 0.29) is 48.3 Å². The number of halogens is 6. The zero-order valence-electron chi connectivity index (χ0n) is 55.3. The average molecular weight is 1490 g/mol. The van der Waals surface area contributed by atoms with E-state index >= 15 is 0 Å². The monoisotopic (exact) mass is 1480 g/mol. The predicted octanol–water partition coefficient (Wildman–Crippen LogP) is 16.6. The minimum absolute atomic E-state index is 0. The molecule has 26 heteroatoms. The predicted molar refractivity (Wildman–Crippen MR) is 394 cm³/mol. The third-order valence-electron chi connectivity index (χ3n) is 17.5. The molecule has 95 heavy (non-hydrogen) atoms. The van der Waals surface area contributed by atoms with Crippen LogP contribution in [0.3, 0.4) is 0 Å². The van der Waals surface area contributed by atoms with Gasteiger partial charge in [-0.1, -0.05) is 125 Å². The highest BCUT2D eigenvalue weighted by molar-refractivity contribution is 7.20. The Kier molecular flexibility index (Phi) is 29.6. The van der Waals surface area contributed by atoms with Crippen molar-refractivity contribution in [1.82, 2.24) is 30.1 Å². The molecule has 2 amide bonds. The summed E-state index contributed by atoms with van der Waals surface area (Å²) in [6, 6.07) is 24.2. The third-order valence-corrected chi connectivity index (χ3v) is 21.8. The summed E-state index contributed by atoms with van der Waals surface area (Å²) >= 11 is 36.7. The summed E-state index contributed by atoms with van der Waals surface area (Å²) in [6.45, 7) is 30.5. The summed E-state index contributed by atoms with van der Waals surface area (Å²) in [4.78, 5) is 50.2. The van der Waals surface area contributed by atoms with Crippen LogP contribution < -0.4 is 20.0 Å². The van der Waals surface area contributed by atoms with Crippen molar-refractivity contribution in [3.8, 4) is 0 Å². The second-order valence-corrected chi connectivity index (χ2v) is 31.1. The number of nitrogens with one attached hydrogen (secondary N) is 1. The van der Waals surface area contributed by atoms with Crippen molar-refractivity contribution in [1.29, 1.82) is 0 Å². The van der Waals surface area contributed by atoms with E-state index in [1.807, 2.05) is 91.8 Å². The van der Waals surface area contributed by atoms with Gasteiger partial charge in [0, 0.05) is 168 Å². The fraction of sp³-hybridized carbons (Fsp3) is 0.580. The summed E-state index contributed by atoms with van der Waals surface area (Å²) in [6.07, 6.45) is 4.73. The van der Waals surface area contributed by atoms with Crippen LogP contribution in [-0.4, -0.2) is 180 Å². The van der Waals surface area contributed by atoms with Crippen molar-refractivity contribution in [2.75, 3.05) is 146 Å². The Morgan fingerprint density at radius 1 is 0.495 bits per heavy atom. The molecule has 9 heterocycles. The first-order valence-electron chi connectivity index (χ1n) is 32.4. The number of piperazine rings is 3. The van der Waals surface area contributed by atoms with Crippen molar-refractivity contribution in [3.63, 3.8) is 0 Å². The van der Waals surface area contributed by atoms with Gasteiger partial charge in [0.15, 0.2) is 15.4 Å². The average Bonchev–Trinajstić information content (AvgIpc) is 1.71. The Labute approximate surface area is 606 Å². The van der Waals surface area contributed by atoms with E-state index in [1.54, 1.807) is 32.5 Å². The maximum absolute atomic E-state index is 12.4. The topological polar surface area (TPSA) is 156 Å². The van der Waals surface area contributed by atoms with Crippen LogP contribution in [0.4, 0.5) is 25.0 Å². The van der Waals surface area contributed by atoms with Crippen molar-refractivity contribution in [2.24, 2.45) is 0 Å². The number of benzene rings is 3. The number of hydrogen-bond acceptors (Lipinski definition) is 18. The van der Waals surface area contributed by atoms with Crippen molar-refractivity contribution in [2.45, 2.75) is 129 Å². The van der Waals surface area contributed by atoms with Crippen LogP contribution in [0.15, 0.2) is 78.2 Å². The van der Waals surface area contributed by atoms with E-state index < -0.39 is 11.2 Å². The van der Waals surface area contributed by atoms with Gasteiger partial charge in [0.25, 0.3) is 0 Å². The normalized spacial score (nSPS) is 18.6. The van der Waals surface area contributed by atoms with E-state index in [0.29, 0.717) is 61.8 Å². The Hall–Kier alpha value is -3.97. The lowest BCUT2D eigenvalue weighted by molar-refractivity contribution is 0.0230. The zero-order valence-corrected chi connectivity index (χ0v) is 62.3. The van der Waals surface area contributed by atoms with Crippen LogP contribution in [0.25, 0.3) is 0 Å². The fourth-order valence-corrected chi connectivity index (χ4v) is 16.5. The maximum atomic E-state index is 12.4. The number of carbonyl (C=O) groups excluding carboxylic acids is 2. The van der Waals surface area contributed by atoms with Crippen LogP contribution >= 0.6 is 104 Å². The molecule has 3 aromatic carbocycles. The molecule has 0 radical (unpaired) electrons. The highest BCUT2D eigenvalue weighted by Crippen LogP contribution is 2.49. The first kappa shape index (κ1) is 78.4. The Bertz CT molecular complexity index is 3310. The molecule has 6 saturated heterocycles. The molecule has 0 bridgehead atoms. The summed E-state index contributed by atoms with van der Waals surface area (Å²) < 4.78 is 34.3. The molecule has 524 valence electrons. The van der Waals surface area contributed by atoms with E-state index in [9.17, 15) is 9.59 Å². The molecule has 6 fully saturated rings. The van der Waals surface area contributed by atoms with Gasteiger partial charge >= 0.3 is 12.2 Å². The number of aromatic nitrogens is 3. The number of ether oxygens (including phenoxy) is 6. The molecule has 6 aliphatic heterocycles. The highest BCUT2D eigenvalue weighted by Gasteiger charge is 2.44. The summed E-state index contributed by atoms with van der Waals surface area (Å²) in [5.41, 5.74) is 5.06. The maximum Gasteiger partial charge on any atom is 0.410 e. The van der Waals surface area contributed by atoms with E-state index in [0.717, 1.165) is 164 Å². The Morgan fingerprint density at radius 2 is 0.821 bits per heavy atom. The minimum Gasteiger partial charge on any atom is -0.444 e. The standard InChI is InChI=1S/C23H29Cl2N3O3S.C23H30ClN3O3S.C18H21Cl2N3OS.C4H10O.CH4.ClH/c1-22(2,3)31-21(29)28-12-10-27(11-13-28)20-26-18(19(25)32-20)23(8-14-30-15-9-23)16-4-6-17(24)7-5-16;1-22(2,3)30-21(28)27-12-10-26(11-13-27)20-25-19(16-31-20)23(8-14-29-15-9-23)17-4-6-18(24)7-5-17;19-14-3-1-13(2-4-14)18(5-11-24-12-6-18)15-16(20)25-17(22-15)23-9-7-21-8-10-23;1-3-5-4-2;;/h4-7H,8-15H2,1-3H3;4-7,16H,8-15H2,1-3H3;1-4,21H,5-12H2;3-4H2,1-2H3;1H4;1H. The Morgan fingerprint density at radius 3 is 1.16 bits per heavy atom. The minimum atomic E-state index is -0.494. The lowest BCUT2D eigenvalue weighted by Gasteiger charge is -2.37. The number of amides is 2. The number of rotatable bonds is 11. The molecule has 6 aromatic rings. The largest absolute Gasteiger partial charge is 0.444 e. The molecule has 0 atom stereocenters. The van der Waals surface area contributed by atoms with Gasteiger partial charge < -0.3 is 58.2 Å². The smallest absolute Gasteiger partial charge is 0.410 e. The molecule has 17 nitrogen and oxygen atoms in total. The number of anilines is 3. The molecule has 12 rings (SSSR count). The molecular formula is C69H95Cl6N9O8S3. The second kappa shape index (κ2) is 35.9. The molecule has 0 spiro atoms. The SMILES string of the molecule is C.CC(C)(C)OC(=O)N1CCN(c2nc(C3(c4ccc(Cl)cc4)CCOCC3)c(Cl)s2)CC1.CC(C)(C)OC(=O)N1CCN(c2nc(C3(c4ccc(Cl)cc4)CCOCC3)cs2)CC1.CCOCC.Cl.Clc1ccc(C2(c3nc(N4CCNCC4)sc3Cl)CCOCC2)cc1. The van der Waals surface area contributed by atoms with Gasteiger partial charge in [-0.05, 0) is 147 Å². The lowest BCUT2D eigenvalue weighted by atomic mass is 9.72. The quantitative estimate of drug-likeness (QED) is 0.131. The fourth-order valence-electron chi connectivity index (χ4n) is 12.4. The lowest BCUT2D eigenvalue weighted by Crippen LogP contribution is -2.50. The van der Waals surface area contributed by atoms with E-state index in [2.05, 4.69) is 61.8 Å². The first-order chi connectivity index (χ1) is 44.5. The Balaban J connectivity index is 0.000000193. The molecule has 0 saturated carbocycles. The highest BCUT2D eigenvalue weighted by atomic mass is 35.5. The van der Waals surface area contributed by atoms with Crippen LogP contribution in [0.1, 0.15) is 135 Å². The van der Waals surface area contributed by atoms with Crippen LogP contribution in [0.5, 0.6) is 0 Å². The molecule has 0 aliphatic carbocycles. The first-order valence-corrected chi connectivity index (χ1v) is 36.8. The van der Waals surface area contributed by atoms with Gasteiger partial charge in [-0.25, -0.2) is 24.5 Å².